The Hall–Kier alpha value is -1.19. The first-order valence-electron chi connectivity index (χ1n) is 4.60. The quantitative estimate of drug-likeness (QED) is 0.713. The van der Waals surface area contributed by atoms with E-state index in [-0.39, 0.29) is 6.10 Å². The van der Waals surface area contributed by atoms with Gasteiger partial charge in [0, 0.05) is 0 Å². The molecule has 76 valence electrons. The van der Waals surface area contributed by atoms with Gasteiger partial charge in [-0.15, -0.1) is 0 Å². The molecule has 14 heavy (non-hydrogen) atoms. The summed E-state index contributed by atoms with van der Waals surface area (Å²) in [6, 6.07) is 9.24. The molecule has 0 unspecified atom stereocenters. The second kappa shape index (κ2) is 5.52. The summed E-state index contributed by atoms with van der Waals surface area (Å²) in [5, 5.41) is 0. The highest BCUT2D eigenvalue weighted by atomic mass is 16.5. The molecule has 0 aromatic heterocycles. The molecule has 0 fully saturated rings. The molecular weight excluding hydrogens is 178 g/mol. The van der Waals surface area contributed by atoms with Crippen LogP contribution in [0, 0.1) is 0 Å². The monoisotopic (exact) mass is 193 g/mol. The highest BCUT2D eigenvalue weighted by Crippen LogP contribution is 2.04. The molecule has 3 nitrogen and oxygen atoms in total. The lowest BCUT2D eigenvalue weighted by atomic mass is 10.2. The van der Waals surface area contributed by atoms with Crippen LogP contribution in [0.3, 0.4) is 0 Å². The summed E-state index contributed by atoms with van der Waals surface area (Å²) < 4.78 is 5.42. The molecule has 1 aromatic rings. The fraction of sp³-hybridized carbons (Fsp3) is 0.364. The summed E-state index contributed by atoms with van der Waals surface area (Å²) in [7, 11) is 0. The average molecular weight is 193 g/mol. The van der Waals surface area contributed by atoms with Gasteiger partial charge in [0.1, 0.15) is 6.29 Å². The molecule has 2 N–H and O–H groups in total. The second-order valence-electron chi connectivity index (χ2n) is 3.22. The molecule has 1 rings (SSSR count). The molecule has 1 aromatic carbocycles. The Morgan fingerprint density at radius 3 is 2.64 bits per heavy atom. The third-order valence-electron chi connectivity index (χ3n) is 2.05. The van der Waals surface area contributed by atoms with Gasteiger partial charge < -0.3 is 15.3 Å². The van der Waals surface area contributed by atoms with Crippen LogP contribution in [-0.4, -0.2) is 18.4 Å². The molecule has 0 amide bonds. The Kier molecular flexibility index (Phi) is 4.29. The largest absolute Gasteiger partial charge is 0.372 e. The van der Waals surface area contributed by atoms with Crippen molar-refractivity contribution in [2.45, 2.75) is 25.7 Å². The number of benzene rings is 1. The standard InChI is InChI=1S/C11H15NO2/c1-9(11(12)7-13)14-8-10-5-3-2-4-6-10/h2-7,9,11H,8,12H2,1H3/t9-,11-/m1/s1. The van der Waals surface area contributed by atoms with E-state index in [2.05, 4.69) is 0 Å². The number of carbonyl (C=O) groups is 1. The minimum atomic E-state index is -0.543. The Morgan fingerprint density at radius 2 is 2.07 bits per heavy atom. The van der Waals surface area contributed by atoms with Crippen molar-refractivity contribution >= 4 is 6.29 Å². The summed E-state index contributed by atoms with van der Waals surface area (Å²) in [6.45, 7) is 2.28. The molecule has 0 heterocycles. The number of hydrogen-bond acceptors (Lipinski definition) is 3. The summed E-state index contributed by atoms with van der Waals surface area (Å²) in [5.41, 5.74) is 6.57. The Bertz CT molecular complexity index is 274. The van der Waals surface area contributed by atoms with Crippen molar-refractivity contribution in [1.29, 1.82) is 0 Å². The van der Waals surface area contributed by atoms with Gasteiger partial charge in [-0.25, -0.2) is 0 Å². The minimum Gasteiger partial charge on any atom is -0.372 e. The molecule has 0 saturated heterocycles. The first-order chi connectivity index (χ1) is 6.74. The fourth-order valence-corrected chi connectivity index (χ4v) is 1.02. The van der Waals surface area contributed by atoms with Crippen molar-refractivity contribution < 1.29 is 9.53 Å². The van der Waals surface area contributed by atoms with E-state index in [4.69, 9.17) is 10.5 Å². The molecule has 0 aliphatic heterocycles. The van der Waals surface area contributed by atoms with Crippen LogP contribution in [0.1, 0.15) is 12.5 Å². The lowest BCUT2D eigenvalue weighted by molar-refractivity contribution is -0.112. The van der Waals surface area contributed by atoms with E-state index in [0.717, 1.165) is 5.56 Å². The van der Waals surface area contributed by atoms with E-state index in [0.29, 0.717) is 12.9 Å². The lowest BCUT2D eigenvalue weighted by Gasteiger charge is -2.15. The normalized spacial score (nSPS) is 14.7. The van der Waals surface area contributed by atoms with Gasteiger partial charge in [-0.2, -0.15) is 0 Å². The van der Waals surface area contributed by atoms with E-state index in [1.54, 1.807) is 6.92 Å². The average Bonchev–Trinajstić information content (AvgIpc) is 2.26. The molecular formula is C11H15NO2. The van der Waals surface area contributed by atoms with E-state index in [1.165, 1.54) is 0 Å². The number of ether oxygens (including phenoxy) is 1. The molecule has 3 heteroatoms. The number of hydrogen-bond donors (Lipinski definition) is 1. The van der Waals surface area contributed by atoms with Gasteiger partial charge >= 0.3 is 0 Å². The molecule has 0 radical (unpaired) electrons. The van der Waals surface area contributed by atoms with Crippen LogP contribution in [-0.2, 0) is 16.1 Å². The van der Waals surface area contributed by atoms with Gasteiger partial charge in [-0.1, -0.05) is 30.3 Å². The number of nitrogens with two attached hydrogens (primary N) is 1. The molecule has 0 spiro atoms. The van der Waals surface area contributed by atoms with Crippen LogP contribution in [0.15, 0.2) is 30.3 Å². The topological polar surface area (TPSA) is 52.3 Å². The summed E-state index contributed by atoms with van der Waals surface area (Å²) in [5.74, 6) is 0. The smallest absolute Gasteiger partial charge is 0.139 e. The molecule has 0 aliphatic carbocycles. The Balaban J connectivity index is 2.37. The van der Waals surface area contributed by atoms with Crippen molar-refractivity contribution in [2.24, 2.45) is 5.73 Å². The maximum absolute atomic E-state index is 10.4. The molecule has 0 aliphatic rings. The van der Waals surface area contributed by atoms with E-state index in [1.807, 2.05) is 30.3 Å². The maximum atomic E-state index is 10.4. The molecule has 0 saturated carbocycles. The van der Waals surface area contributed by atoms with Gasteiger partial charge in [-0.05, 0) is 12.5 Å². The predicted molar refractivity (Wildman–Crippen MR) is 54.7 cm³/mol. The first-order valence-corrected chi connectivity index (χ1v) is 4.60. The first kappa shape index (κ1) is 10.9. The second-order valence-corrected chi connectivity index (χ2v) is 3.22. The van der Waals surface area contributed by atoms with Crippen molar-refractivity contribution in [2.75, 3.05) is 0 Å². The summed E-state index contributed by atoms with van der Waals surface area (Å²) in [4.78, 5) is 10.4. The van der Waals surface area contributed by atoms with E-state index in [9.17, 15) is 4.79 Å². The van der Waals surface area contributed by atoms with Crippen LogP contribution >= 0.6 is 0 Å². The SMILES string of the molecule is C[C@@H](OCc1ccccc1)[C@H](N)C=O. The van der Waals surface area contributed by atoms with E-state index < -0.39 is 6.04 Å². The molecule has 2 atom stereocenters. The Morgan fingerprint density at radius 1 is 1.43 bits per heavy atom. The van der Waals surface area contributed by atoms with Gasteiger partial charge in [0.05, 0.1) is 18.8 Å². The zero-order chi connectivity index (χ0) is 10.4. The predicted octanol–water partition coefficient (Wildman–Crippen LogP) is 1.12. The van der Waals surface area contributed by atoms with E-state index >= 15 is 0 Å². The van der Waals surface area contributed by atoms with Crippen molar-refractivity contribution in [1.82, 2.24) is 0 Å². The van der Waals surface area contributed by atoms with Crippen LogP contribution in [0.5, 0.6) is 0 Å². The highest BCUT2D eigenvalue weighted by molar-refractivity contribution is 5.57. The summed E-state index contributed by atoms with van der Waals surface area (Å²) >= 11 is 0. The summed E-state index contributed by atoms with van der Waals surface area (Å²) in [6.07, 6.45) is 0.461. The maximum Gasteiger partial charge on any atom is 0.139 e. The number of rotatable bonds is 5. The lowest BCUT2D eigenvalue weighted by Crippen LogP contribution is -2.35. The van der Waals surface area contributed by atoms with Crippen LogP contribution in [0.2, 0.25) is 0 Å². The molecule has 0 bridgehead atoms. The zero-order valence-electron chi connectivity index (χ0n) is 8.22. The van der Waals surface area contributed by atoms with Crippen LogP contribution in [0.25, 0.3) is 0 Å². The van der Waals surface area contributed by atoms with Crippen LogP contribution in [0.4, 0.5) is 0 Å². The van der Waals surface area contributed by atoms with Gasteiger partial charge in [0.15, 0.2) is 0 Å². The zero-order valence-corrected chi connectivity index (χ0v) is 8.22. The minimum absolute atomic E-state index is 0.243. The van der Waals surface area contributed by atoms with Crippen LogP contribution < -0.4 is 5.73 Å². The third-order valence-corrected chi connectivity index (χ3v) is 2.05. The van der Waals surface area contributed by atoms with Gasteiger partial charge in [0.2, 0.25) is 0 Å². The Labute approximate surface area is 83.9 Å². The van der Waals surface area contributed by atoms with Crippen molar-refractivity contribution in [3.8, 4) is 0 Å². The number of aldehydes is 1. The highest BCUT2D eigenvalue weighted by Gasteiger charge is 2.11. The fourth-order valence-electron chi connectivity index (χ4n) is 1.02. The van der Waals surface area contributed by atoms with Gasteiger partial charge in [-0.3, -0.25) is 0 Å². The number of carbonyl (C=O) groups excluding carboxylic acids is 1. The van der Waals surface area contributed by atoms with Crippen molar-refractivity contribution in [3.05, 3.63) is 35.9 Å². The van der Waals surface area contributed by atoms with Gasteiger partial charge in [0.25, 0.3) is 0 Å². The third kappa shape index (κ3) is 3.28. The van der Waals surface area contributed by atoms with Crippen molar-refractivity contribution in [3.63, 3.8) is 0 Å².